The van der Waals surface area contributed by atoms with Crippen LogP contribution in [0.15, 0.2) is 34.9 Å². The molecule has 2 saturated heterocycles. The van der Waals surface area contributed by atoms with Crippen molar-refractivity contribution in [2.24, 2.45) is 0 Å². The van der Waals surface area contributed by atoms with Gasteiger partial charge in [-0.15, -0.1) is 0 Å². The van der Waals surface area contributed by atoms with Crippen molar-refractivity contribution in [3.05, 3.63) is 41.4 Å². The zero-order valence-electron chi connectivity index (χ0n) is 18.6. The lowest BCUT2D eigenvalue weighted by atomic mass is 9.94. The molecule has 2 aliphatic heterocycles. The van der Waals surface area contributed by atoms with E-state index in [9.17, 15) is 4.79 Å². The molecule has 1 amide bonds. The number of aromatic nitrogens is 1. The average molecular weight is 446 g/mol. The van der Waals surface area contributed by atoms with Crippen LogP contribution in [0.1, 0.15) is 58.8 Å². The number of benzene rings is 1. The summed E-state index contributed by atoms with van der Waals surface area (Å²) in [6.45, 7) is 8.13. The molecule has 1 aromatic carbocycles. The number of nitrogens with zero attached hydrogens (tertiary/aromatic N) is 3. The number of likely N-dealkylation sites (tertiary alicyclic amines) is 2. The highest BCUT2D eigenvalue weighted by atomic mass is 35.5. The number of oxazole rings is 1. The maximum absolute atomic E-state index is 12.8. The van der Waals surface area contributed by atoms with Crippen LogP contribution in [0.2, 0.25) is 5.02 Å². The summed E-state index contributed by atoms with van der Waals surface area (Å²) in [5.41, 5.74) is 0.369. The minimum absolute atomic E-state index is 0.174. The lowest BCUT2D eigenvalue weighted by Gasteiger charge is -2.41. The zero-order valence-corrected chi connectivity index (χ0v) is 19.4. The van der Waals surface area contributed by atoms with Gasteiger partial charge < -0.3 is 14.1 Å². The summed E-state index contributed by atoms with van der Waals surface area (Å²) in [7, 11) is 0. The van der Waals surface area contributed by atoms with Crippen LogP contribution in [0, 0.1) is 0 Å². The Labute approximate surface area is 189 Å². The predicted octanol–water partition coefficient (Wildman–Crippen LogP) is 5.75. The fourth-order valence-electron chi connectivity index (χ4n) is 4.73. The highest BCUT2D eigenvalue weighted by Crippen LogP contribution is 2.33. The highest BCUT2D eigenvalue weighted by molar-refractivity contribution is 6.33. The second-order valence-corrected chi connectivity index (χ2v) is 9.92. The number of hydrogen-bond acceptors (Lipinski definition) is 5. The van der Waals surface area contributed by atoms with Crippen molar-refractivity contribution in [2.75, 3.05) is 13.1 Å². The summed E-state index contributed by atoms with van der Waals surface area (Å²) >= 11 is 6.31. The molecular formula is C24H32ClN3O3. The van der Waals surface area contributed by atoms with E-state index in [4.69, 9.17) is 20.8 Å². The first-order chi connectivity index (χ1) is 14.8. The maximum Gasteiger partial charge on any atom is 0.410 e. The number of hydrogen-bond donors (Lipinski definition) is 0. The lowest BCUT2D eigenvalue weighted by Crippen LogP contribution is -2.53. The molecule has 2 atom stereocenters. The Bertz CT molecular complexity index is 907. The number of carbonyl (C=O) groups excluding carboxylic acids is 1. The minimum atomic E-state index is -0.482. The van der Waals surface area contributed by atoms with Crippen molar-refractivity contribution < 1.29 is 13.9 Å². The Hall–Kier alpha value is -2.05. The van der Waals surface area contributed by atoms with E-state index >= 15 is 0 Å². The Morgan fingerprint density at radius 3 is 2.71 bits per heavy atom. The van der Waals surface area contributed by atoms with Crippen LogP contribution in [0.3, 0.4) is 0 Å². The molecule has 0 aliphatic carbocycles. The predicted molar refractivity (Wildman–Crippen MR) is 121 cm³/mol. The standard InChI is InChI=1S/C24H32ClN3O3/c1-24(2,3)31-23(29)28-14-8-12-20(28)19-11-6-7-13-27(19)16-22-26-15-21(30-22)17-9-4-5-10-18(17)25/h4-5,9-10,15,19-20H,6-8,11-14,16H2,1-3H3. The molecule has 0 N–H and O–H groups in total. The summed E-state index contributed by atoms with van der Waals surface area (Å²) in [5.74, 6) is 1.37. The summed E-state index contributed by atoms with van der Waals surface area (Å²) in [6.07, 6.45) is 6.97. The van der Waals surface area contributed by atoms with Gasteiger partial charge in [-0.25, -0.2) is 9.78 Å². The van der Waals surface area contributed by atoms with Gasteiger partial charge >= 0.3 is 6.09 Å². The molecule has 0 radical (unpaired) electrons. The molecule has 2 fully saturated rings. The summed E-state index contributed by atoms with van der Waals surface area (Å²) < 4.78 is 11.7. The van der Waals surface area contributed by atoms with Crippen molar-refractivity contribution in [1.82, 2.24) is 14.8 Å². The topological polar surface area (TPSA) is 58.8 Å². The van der Waals surface area contributed by atoms with Gasteiger partial charge in [0.25, 0.3) is 0 Å². The van der Waals surface area contributed by atoms with Gasteiger partial charge in [-0.1, -0.05) is 30.2 Å². The number of halogens is 1. The van der Waals surface area contributed by atoms with Gasteiger partial charge in [0.15, 0.2) is 5.76 Å². The third-order valence-electron chi connectivity index (χ3n) is 6.07. The molecule has 7 heteroatoms. The van der Waals surface area contributed by atoms with E-state index in [0.29, 0.717) is 29.3 Å². The Kier molecular flexibility index (Phi) is 6.58. The summed E-state index contributed by atoms with van der Waals surface area (Å²) in [6, 6.07) is 8.10. The van der Waals surface area contributed by atoms with E-state index in [2.05, 4.69) is 9.88 Å². The molecule has 0 bridgehead atoms. The third-order valence-corrected chi connectivity index (χ3v) is 6.40. The second kappa shape index (κ2) is 9.21. The molecule has 0 saturated carbocycles. The van der Waals surface area contributed by atoms with Gasteiger partial charge in [0.1, 0.15) is 5.60 Å². The maximum atomic E-state index is 12.8. The van der Waals surface area contributed by atoms with Gasteiger partial charge in [0.2, 0.25) is 5.89 Å². The molecule has 6 nitrogen and oxygen atoms in total. The number of piperidine rings is 1. The summed E-state index contributed by atoms with van der Waals surface area (Å²) in [5, 5.41) is 0.653. The van der Waals surface area contributed by atoms with E-state index in [0.717, 1.165) is 44.3 Å². The normalized spacial score (nSPS) is 22.6. The smallest absolute Gasteiger partial charge is 0.410 e. The number of amides is 1. The molecular weight excluding hydrogens is 414 g/mol. The molecule has 31 heavy (non-hydrogen) atoms. The van der Waals surface area contributed by atoms with Gasteiger partial charge in [0.05, 0.1) is 23.8 Å². The molecule has 2 aromatic rings. The Morgan fingerprint density at radius 2 is 1.94 bits per heavy atom. The van der Waals surface area contributed by atoms with E-state index < -0.39 is 5.60 Å². The molecule has 2 unspecified atom stereocenters. The number of carbonyl (C=O) groups is 1. The van der Waals surface area contributed by atoms with Crippen molar-refractivity contribution in [2.45, 2.75) is 77.1 Å². The monoisotopic (exact) mass is 445 g/mol. The number of ether oxygens (including phenoxy) is 1. The van der Waals surface area contributed by atoms with Crippen molar-refractivity contribution >= 4 is 17.7 Å². The van der Waals surface area contributed by atoms with Crippen LogP contribution in [0.4, 0.5) is 4.79 Å². The van der Waals surface area contributed by atoms with Gasteiger partial charge in [-0.3, -0.25) is 4.90 Å². The van der Waals surface area contributed by atoms with Crippen molar-refractivity contribution in [3.8, 4) is 11.3 Å². The summed E-state index contributed by atoms with van der Waals surface area (Å²) in [4.78, 5) is 21.7. The van der Waals surface area contributed by atoms with Crippen LogP contribution < -0.4 is 0 Å². The molecule has 3 heterocycles. The average Bonchev–Trinajstić information content (AvgIpc) is 3.37. The highest BCUT2D eigenvalue weighted by Gasteiger charge is 2.40. The SMILES string of the molecule is CC(C)(C)OC(=O)N1CCCC1C1CCCCN1Cc1ncc(-c2ccccc2Cl)o1. The first-order valence-electron chi connectivity index (χ1n) is 11.2. The molecule has 4 rings (SSSR count). The van der Waals surface area contributed by atoms with E-state index in [1.165, 1.54) is 6.42 Å². The second-order valence-electron chi connectivity index (χ2n) is 9.52. The van der Waals surface area contributed by atoms with Crippen LogP contribution in [-0.4, -0.2) is 51.7 Å². The van der Waals surface area contributed by atoms with Crippen LogP contribution >= 0.6 is 11.6 Å². The van der Waals surface area contributed by atoms with E-state index in [1.54, 1.807) is 6.20 Å². The fraction of sp³-hybridized carbons (Fsp3) is 0.583. The van der Waals surface area contributed by atoms with E-state index in [1.807, 2.05) is 49.9 Å². The molecule has 2 aliphatic rings. The van der Waals surface area contributed by atoms with Crippen molar-refractivity contribution in [1.29, 1.82) is 0 Å². The first-order valence-corrected chi connectivity index (χ1v) is 11.6. The Morgan fingerprint density at radius 1 is 1.16 bits per heavy atom. The van der Waals surface area contributed by atoms with Crippen molar-refractivity contribution in [3.63, 3.8) is 0 Å². The van der Waals surface area contributed by atoms with E-state index in [-0.39, 0.29) is 12.1 Å². The molecule has 1 aromatic heterocycles. The number of rotatable bonds is 4. The molecule has 168 valence electrons. The van der Waals surface area contributed by atoms with Gasteiger partial charge in [-0.2, -0.15) is 0 Å². The quantitative estimate of drug-likeness (QED) is 0.599. The minimum Gasteiger partial charge on any atom is -0.444 e. The largest absolute Gasteiger partial charge is 0.444 e. The van der Waals surface area contributed by atoms with Crippen LogP contribution in [-0.2, 0) is 11.3 Å². The first kappa shape index (κ1) is 22.2. The lowest BCUT2D eigenvalue weighted by molar-refractivity contribution is 0.00541. The Balaban J connectivity index is 1.48. The van der Waals surface area contributed by atoms with Crippen LogP contribution in [0.25, 0.3) is 11.3 Å². The third kappa shape index (κ3) is 5.24. The van der Waals surface area contributed by atoms with Crippen LogP contribution in [0.5, 0.6) is 0 Å². The van der Waals surface area contributed by atoms with Gasteiger partial charge in [-0.05, 0) is 65.1 Å². The fourth-order valence-corrected chi connectivity index (χ4v) is 4.96. The molecule has 0 spiro atoms. The van der Waals surface area contributed by atoms with Gasteiger partial charge in [0, 0.05) is 18.2 Å². The zero-order chi connectivity index (χ0) is 22.0.